The molecule has 0 unspecified atom stereocenters. The van der Waals surface area contributed by atoms with Gasteiger partial charge in [0.1, 0.15) is 5.75 Å². The highest BCUT2D eigenvalue weighted by Crippen LogP contribution is 2.30. The number of methoxy groups -OCH3 is 1. The van der Waals surface area contributed by atoms with Crippen molar-refractivity contribution in [3.8, 4) is 5.75 Å². The molecule has 1 aromatic heterocycles. The number of benzene rings is 1. The third kappa shape index (κ3) is 1.24. The molecular weight excluding hydrogens is 200 g/mol. The van der Waals surface area contributed by atoms with E-state index in [2.05, 4.69) is 5.10 Å². The van der Waals surface area contributed by atoms with E-state index in [1.54, 1.807) is 17.9 Å². The highest BCUT2D eigenvalue weighted by Gasteiger charge is 2.10. The van der Waals surface area contributed by atoms with Crippen LogP contribution in [0, 0.1) is 6.92 Å². The van der Waals surface area contributed by atoms with Crippen LogP contribution in [0.15, 0.2) is 12.1 Å². The Morgan fingerprint density at radius 3 is 2.79 bits per heavy atom. The molecule has 0 amide bonds. The first-order valence-electron chi connectivity index (χ1n) is 4.30. The van der Waals surface area contributed by atoms with Gasteiger partial charge in [0.2, 0.25) is 0 Å². The number of nitrogens with zero attached hydrogens (tertiary/aromatic N) is 2. The Balaban J connectivity index is 2.86. The van der Waals surface area contributed by atoms with Gasteiger partial charge in [0.25, 0.3) is 0 Å². The molecule has 2 rings (SSSR count). The number of hydrogen-bond donors (Lipinski definition) is 0. The summed E-state index contributed by atoms with van der Waals surface area (Å²) >= 11 is 6.12. The molecule has 0 bridgehead atoms. The number of rotatable bonds is 1. The molecule has 3 nitrogen and oxygen atoms in total. The van der Waals surface area contributed by atoms with E-state index in [0.29, 0.717) is 5.02 Å². The summed E-state index contributed by atoms with van der Waals surface area (Å²) in [6.07, 6.45) is 0. The van der Waals surface area contributed by atoms with Gasteiger partial charge in [0, 0.05) is 18.5 Å². The van der Waals surface area contributed by atoms with Gasteiger partial charge >= 0.3 is 0 Å². The zero-order valence-corrected chi connectivity index (χ0v) is 9.09. The topological polar surface area (TPSA) is 27.1 Å². The van der Waals surface area contributed by atoms with Crippen molar-refractivity contribution in [3.05, 3.63) is 22.8 Å². The predicted octanol–water partition coefficient (Wildman–Crippen LogP) is 2.54. The lowest BCUT2D eigenvalue weighted by atomic mass is 10.2. The van der Waals surface area contributed by atoms with E-state index in [-0.39, 0.29) is 0 Å². The first-order chi connectivity index (χ1) is 6.63. The van der Waals surface area contributed by atoms with Crippen LogP contribution in [-0.4, -0.2) is 16.9 Å². The fourth-order valence-electron chi connectivity index (χ4n) is 1.63. The van der Waals surface area contributed by atoms with Crippen LogP contribution in [-0.2, 0) is 7.05 Å². The summed E-state index contributed by atoms with van der Waals surface area (Å²) in [5.41, 5.74) is 1.91. The summed E-state index contributed by atoms with van der Waals surface area (Å²) < 4.78 is 6.93. The van der Waals surface area contributed by atoms with Crippen LogP contribution in [0.3, 0.4) is 0 Å². The molecule has 0 spiro atoms. The van der Waals surface area contributed by atoms with Crippen molar-refractivity contribution in [2.45, 2.75) is 6.92 Å². The van der Waals surface area contributed by atoms with Gasteiger partial charge in [-0.15, -0.1) is 0 Å². The number of aromatic nitrogens is 2. The van der Waals surface area contributed by atoms with Gasteiger partial charge in [-0.25, -0.2) is 0 Å². The molecule has 1 heterocycles. The van der Waals surface area contributed by atoms with Crippen molar-refractivity contribution in [3.63, 3.8) is 0 Å². The number of fused-ring (bicyclic) bond motifs is 1. The van der Waals surface area contributed by atoms with Gasteiger partial charge < -0.3 is 4.74 Å². The zero-order chi connectivity index (χ0) is 10.3. The van der Waals surface area contributed by atoms with E-state index in [1.165, 1.54) is 0 Å². The fourth-order valence-corrected chi connectivity index (χ4v) is 1.96. The van der Waals surface area contributed by atoms with Crippen LogP contribution in [0.4, 0.5) is 0 Å². The van der Waals surface area contributed by atoms with Crippen LogP contribution < -0.4 is 4.74 Å². The Kier molecular flexibility index (Phi) is 2.11. The molecule has 0 aliphatic carbocycles. The van der Waals surface area contributed by atoms with Gasteiger partial charge in [0.05, 0.1) is 23.3 Å². The fraction of sp³-hybridized carbons (Fsp3) is 0.300. The summed E-state index contributed by atoms with van der Waals surface area (Å²) in [4.78, 5) is 0. The SMILES string of the molecule is COc1cc(Cl)c2c(c1)c(C)nn2C. The standard InChI is InChI=1S/C10H11ClN2O/c1-6-8-4-7(14-3)5-9(11)10(8)13(2)12-6/h4-5H,1-3H3. The van der Waals surface area contributed by atoms with E-state index in [9.17, 15) is 0 Å². The Labute approximate surface area is 87.2 Å². The molecular formula is C10H11ClN2O. The maximum Gasteiger partial charge on any atom is 0.121 e. The van der Waals surface area contributed by atoms with E-state index in [1.807, 2.05) is 20.0 Å². The van der Waals surface area contributed by atoms with Crippen molar-refractivity contribution in [1.82, 2.24) is 9.78 Å². The van der Waals surface area contributed by atoms with Gasteiger partial charge in [0.15, 0.2) is 0 Å². The van der Waals surface area contributed by atoms with Crippen LogP contribution in [0.1, 0.15) is 5.69 Å². The minimum Gasteiger partial charge on any atom is -0.497 e. The summed E-state index contributed by atoms with van der Waals surface area (Å²) in [6.45, 7) is 1.96. The van der Waals surface area contributed by atoms with Crippen molar-refractivity contribution in [1.29, 1.82) is 0 Å². The number of halogens is 1. The second-order valence-corrected chi connectivity index (χ2v) is 3.62. The lowest BCUT2D eigenvalue weighted by molar-refractivity contribution is 0.415. The third-order valence-corrected chi connectivity index (χ3v) is 2.57. The van der Waals surface area contributed by atoms with E-state index in [4.69, 9.17) is 16.3 Å². The molecule has 1 aromatic carbocycles. The van der Waals surface area contributed by atoms with Crippen LogP contribution in [0.2, 0.25) is 5.02 Å². The van der Waals surface area contributed by atoms with Crippen LogP contribution >= 0.6 is 11.6 Å². The highest BCUT2D eigenvalue weighted by atomic mass is 35.5. The summed E-state index contributed by atoms with van der Waals surface area (Å²) in [5.74, 6) is 0.763. The summed E-state index contributed by atoms with van der Waals surface area (Å²) in [7, 11) is 3.51. The first kappa shape index (κ1) is 9.34. The van der Waals surface area contributed by atoms with Crippen molar-refractivity contribution >= 4 is 22.5 Å². The van der Waals surface area contributed by atoms with Gasteiger partial charge in [-0.2, -0.15) is 5.10 Å². The quantitative estimate of drug-likeness (QED) is 0.723. The molecule has 0 fully saturated rings. The molecule has 0 radical (unpaired) electrons. The van der Waals surface area contributed by atoms with Crippen molar-refractivity contribution in [2.75, 3.05) is 7.11 Å². The van der Waals surface area contributed by atoms with Crippen LogP contribution in [0.25, 0.3) is 10.9 Å². The van der Waals surface area contributed by atoms with Gasteiger partial charge in [-0.1, -0.05) is 11.6 Å². The summed E-state index contributed by atoms with van der Waals surface area (Å²) in [5, 5.41) is 6.01. The third-order valence-electron chi connectivity index (χ3n) is 2.29. The maximum absolute atomic E-state index is 6.12. The number of aryl methyl sites for hydroxylation is 2. The average molecular weight is 211 g/mol. The average Bonchev–Trinajstić information content (AvgIpc) is 2.42. The largest absolute Gasteiger partial charge is 0.497 e. The molecule has 2 aromatic rings. The zero-order valence-electron chi connectivity index (χ0n) is 8.34. The normalized spacial score (nSPS) is 10.9. The predicted molar refractivity (Wildman–Crippen MR) is 57.0 cm³/mol. The smallest absolute Gasteiger partial charge is 0.121 e. The highest BCUT2D eigenvalue weighted by molar-refractivity contribution is 6.35. The molecule has 0 aliphatic rings. The van der Waals surface area contributed by atoms with E-state index < -0.39 is 0 Å². The van der Waals surface area contributed by atoms with Crippen LogP contribution in [0.5, 0.6) is 5.75 Å². The van der Waals surface area contributed by atoms with E-state index in [0.717, 1.165) is 22.3 Å². The van der Waals surface area contributed by atoms with Gasteiger partial charge in [-0.3, -0.25) is 4.68 Å². The molecule has 4 heteroatoms. The molecule has 0 aliphatic heterocycles. The molecule has 0 saturated carbocycles. The maximum atomic E-state index is 6.12. The Morgan fingerprint density at radius 1 is 1.43 bits per heavy atom. The number of hydrogen-bond acceptors (Lipinski definition) is 2. The Hall–Kier alpha value is -1.22. The monoisotopic (exact) mass is 210 g/mol. The number of ether oxygens (including phenoxy) is 1. The molecule has 14 heavy (non-hydrogen) atoms. The minimum absolute atomic E-state index is 0.669. The minimum atomic E-state index is 0.669. The second-order valence-electron chi connectivity index (χ2n) is 3.21. The lowest BCUT2D eigenvalue weighted by Crippen LogP contribution is -1.90. The lowest BCUT2D eigenvalue weighted by Gasteiger charge is -2.02. The van der Waals surface area contributed by atoms with Crippen molar-refractivity contribution < 1.29 is 4.74 Å². The Morgan fingerprint density at radius 2 is 2.14 bits per heavy atom. The molecule has 0 N–H and O–H groups in total. The molecule has 0 atom stereocenters. The Bertz CT molecular complexity index is 490. The summed E-state index contributed by atoms with van der Waals surface area (Å²) in [6, 6.07) is 3.74. The molecule has 74 valence electrons. The van der Waals surface area contributed by atoms with Crippen molar-refractivity contribution in [2.24, 2.45) is 7.05 Å². The molecule has 0 saturated heterocycles. The second kappa shape index (κ2) is 3.17. The van der Waals surface area contributed by atoms with E-state index >= 15 is 0 Å². The first-order valence-corrected chi connectivity index (χ1v) is 4.68. The van der Waals surface area contributed by atoms with Gasteiger partial charge in [-0.05, 0) is 13.0 Å².